The number of fused-ring (bicyclic) bond motifs is 1. The molecule has 2 heterocycles. The lowest BCUT2D eigenvalue weighted by atomic mass is 10.1. The maximum atomic E-state index is 12.8. The molecular formula is C13H24ClN3O5S3. The van der Waals surface area contributed by atoms with E-state index in [2.05, 4.69) is 5.32 Å². The minimum absolute atomic E-state index is 0. The van der Waals surface area contributed by atoms with Gasteiger partial charge in [0, 0.05) is 31.3 Å². The van der Waals surface area contributed by atoms with E-state index in [4.69, 9.17) is 9.88 Å². The molecule has 0 aliphatic carbocycles. The molecule has 0 amide bonds. The lowest BCUT2D eigenvalue weighted by Crippen LogP contribution is -2.44. The first-order valence-electron chi connectivity index (χ1n) is 7.69. The Kier molecular flexibility index (Phi) is 8.28. The molecule has 0 saturated heterocycles. The summed E-state index contributed by atoms with van der Waals surface area (Å²) in [5.74, 6) is 0. The van der Waals surface area contributed by atoms with Crippen molar-refractivity contribution in [3.63, 3.8) is 0 Å². The molecule has 2 rings (SSSR count). The Bertz CT molecular complexity index is 779. The maximum Gasteiger partial charge on any atom is 0.253 e. The molecule has 0 spiro atoms. The largest absolute Gasteiger partial charge is 0.380 e. The summed E-state index contributed by atoms with van der Waals surface area (Å²) in [5, 5.41) is 8.44. The lowest BCUT2D eigenvalue weighted by molar-refractivity contribution is 0.131. The number of ether oxygens (including phenoxy) is 1. The minimum Gasteiger partial charge on any atom is -0.380 e. The summed E-state index contributed by atoms with van der Waals surface area (Å²) in [6.45, 7) is 5.80. The topological polar surface area (TPSA) is 119 Å². The molecule has 0 unspecified atom stereocenters. The number of thiophene rings is 1. The summed E-state index contributed by atoms with van der Waals surface area (Å²) in [7, 11) is -7.70. The fourth-order valence-corrected chi connectivity index (χ4v) is 6.74. The zero-order chi connectivity index (χ0) is 18.0. The van der Waals surface area contributed by atoms with Crippen molar-refractivity contribution in [1.82, 2.24) is 9.62 Å². The highest BCUT2D eigenvalue weighted by atomic mass is 35.5. The lowest BCUT2D eigenvalue weighted by Gasteiger charge is -2.32. The van der Waals surface area contributed by atoms with Gasteiger partial charge in [0.1, 0.15) is 8.42 Å². The quantitative estimate of drug-likeness (QED) is 0.588. The van der Waals surface area contributed by atoms with E-state index < -0.39 is 20.0 Å². The average molecular weight is 434 g/mol. The van der Waals surface area contributed by atoms with Crippen LogP contribution in [-0.2, 0) is 24.8 Å². The third kappa shape index (κ3) is 5.13. The van der Waals surface area contributed by atoms with Crippen molar-refractivity contribution in [2.45, 2.75) is 34.7 Å². The SMILES string of the molecule is CCCN[C@H]1CN(CCOCC)S(=O)(=O)c2sc(S(N)(=O)=O)cc21.Cl. The highest BCUT2D eigenvalue weighted by Gasteiger charge is 2.39. The zero-order valence-corrected chi connectivity index (χ0v) is 17.4. The number of nitrogens with one attached hydrogen (secondary N) is 1. The van der Waals surface area contributed by atoms with Gasteiger partial charge in [-0.2, -0.15) is 4.31 Å². The second-order valence-electron chi connectivity index (χ2n) is 5.42. The van der Waals surface area contributed by atoms with Gasteiger partial charge in [-0.15, -0.1) is 23.7 Å². The molecule has 0 fully saturated rings. The van der Waals surface area contributed by atoms with E-state index in [-0.39, 0.29) is 40.0 Å². The molecule has 1 atom stereocenters. The van der Waals surface area contributed by atoms with Crippen LogP contribution in [0, 0.1) is 0 Å². The Balaban J connectivity index is 0.00000312. The molecule has 8 nitrogen and oxygen atoms in total. The molecule has 12 heteroatoms. The highest BCUT2D eigenvalue weighted by Crippen LogP contribution is 2.39. The van der Waals surface area contributed by atoms with Crippen LogP contribution < -0.4 is 10.5 Å². The van der Waals surface area contributed by atoms with Crippen molar-refractivity contribution >= 4 is 43.8 Å². The number of halogens is 1. The number of hydrogen-bond donors (Lipinski definition) is 2. The van der Waals surface area contributed by atoms with E-state index in [1.807, 2.05) is 13.8 Å². The first-order valence-corrected chi connectivity index (χ1v) is 11.5. The Labute approximate surface area is 159 Å². The van der Waals surface area contributed by atoms with Gasteiger partial charge in [-0.25, -0.2) is 22.0 Å². The Hall–Kier alpha value is -0.270. The molecule has 25 heavy (non-hydrogen) atoms. The number of primary sulfonamides is 1. The fourth-order valence-electron chi connectivity index (χ4n) is 2.48. The summed E-state index contributed by atoms with van der Waals surface area (Å²) < 4.78 is 55.3. The smallest absolute Gasteiger partial charge is 0.253 e. The van der Waals surface area contributed by atoms with Crippen LogP contribution in [0.2, 0.25) is 0 Å². The molecule has 1 aliphatic heterocycles. The number of rotatable bonds is 8. The van der Waals surface area contributed by atoms with Crippen molar-refractivity contribution < 1.29 is 21.6 Å². The maximum absolute atomic E-state index is 12.8. The Morgan fingerprint density at radius 1 is 1.44 bits per heavy atom. The summed E-state index contributed by atoms with van der Waals surface area (Å²) in [6, 6.07) is 1.11. The normalized spacial score (nSPS) is 20.0. The number of nitrogens with two attached hydrogens (primary N) is 1. The number of nitrogens with zero attached hydrogens (tertiary/aromatic N) is 1. The van der Waals surface area contributed by atoms with E-state index in [0.29, 0.717) is 36.7 Å². The molecule has 1 aromatic heterocycles. The molecule has 0 radical (unpaired) electrons. The van der Waals surface area contributed by atoms with Gasteiger partial charge in [0.25, 0.3) is 10.0 Å². The predicted octanol–water partition coefficient (Wildman–Crippen LogP) is 0.899. The van der Waals surface area contributed by atoms with Crippen LogP contribution in [-0.4, -0.2) is 54.0 Å². The van der Waals surface area contributed by atoms with Crippen LogP contribution in [0.25, 0.3) is 0 Å². The van der Waals surface area contributed by atoms with Gasteiger partial charge in [-0.05, 0) is 26.0 Å². The summed E-state index contributed by atoms with van der Waals surface area (Å²) in [6.07, 6.45) is 0.879. The number of hydrogen-bond acceptors (Lipinski definition) is 7. The molecule has 0 bridgehead atoms. The third-order valence-electron chi connectivity index (χ3n) is 3.65. The van der Waals surface area contributed by atoms with Crippen LogP contribution in [0.5, 0.6) is 0 Å². The third-order valence-corrected chi connectivity index (χ3v) is 8.61. The fraction of sp³-hybridized carbons (Fsp3) is 0.692. The molecule has 146 valence electrons. The molecule has 1 aromatic rings. The van der Waals surface area contributed by atoms with Crippen molar-refractivity contribution in [3.8, 4) is 0 Å². The van der Waals surface area contributed by atoms with Gasteiger partial charge in [-0.3, -0.25) is 0 Å². The van der Waals surface area contributed by atoms with E-state index in [9.17, 15) is 16.8 Å². The van der Waals surface area contributed by atoms with Gasteiger partial charge in [0.2, 0.25) is 10.0 Å². The van der Waals surface area contributed by atoms with Gasteiger partial charge < -0.3 is 10.1 Å². The second-order valence-corrected chi connectivity index (χ2v) is 10.4. The van der Waals surface area contributed by atoms with E-state index in [1.54, 1.807) is 0 Å². The van der Waals surface area contributed by atoms with E-state index in [0.717, 1.165) is 6.42 Å². The monoisotopic (exact) mass is 433 g/mol. The van der Waals surface area contributed by atoms with Gasteiger partial charge in [0.15, 0.2) is 0 Å². The first kappa shape index (κ1) is 22.8. The van der Waals surface area contributed by atoms with E-state index >= 15 is 0 Å². The molecular weight excluding hydrogens is 410 g/mol. The van der Waals surface area contributed by atoms with Crippen molar-refractivity contribution in [3.05, 3.63) is 11.6 Å². The standard InChI is InChI=1S/C13H23N3O5S3.ClH/c1-3-5-15-11-9-16(6-7-21-4-2)24(19,20)13-10(11)8-12(22-13)23(14,17)18;/h8,11,15H,3-7,9H2,1-2H3,(H2,14,17,18);1H/t11-;/m0./s1. The van der Waals surface area contributed by atoms with Crippen LogP contribution >= 0.6 is 23.7 Å². The van der Waals surface area contributed by atoms with Gasteiger partial charge >= 0.3 is 0 Å². The Morgan fingerprint density at radius 2 is 2.12 bits per heavy atom. The van der Waals surface area contributed by atoms with Crippen molar-refractivity contribution in [2.75, 3.05) is 32.8 Å². The average Bonchev–Trinajstić information content (AvgIpc) is 2.95. The molecule has 0 saturated carbocycles. The summed E-state index contributed by atoms with van der Waals surface area (Å²) in [5.41, 5.74) is 0.477. The Morgan fingerprint density at radius 3 is 2.68 bits per heavy atom. The van der Waals surface area contributed by atoms with E-state index in [1.165, 1.54) is 10.4 Å². The molecule has 1 aliphatic rings. The van der Waals surface area contributed by atoms with Crippen molar-refractivity contribution in [2.24, 2.45) is 5.14 Å². The van der Waals surface area contributed by atoms with Crippen LogP contribution in [0.4, 0.5) is 0 Å². The second kappa shape index (κ2) is 9.09. The number of sulfonamides is 2. The predicted molar refractivity (Wildman–Crippen MR) is 99.2 cm³/mol. The summed E-state index contributed by atoms with van der Waals surface area (Å²) >= 11 is 0.706. The van der Waals surface area contributed by atoms with Gasteiger partial charge in [0.05, 0.1) is 6.61 Å². The van der Waals surface area contributed by atoms with Crippen LogP contribution in [0.15, 0.2) is 14.5 Å². The van der Waals surface area contributed by atoms with Gasteiger partial charge in [-0.1, -0.05) is 6.92 Å². The summed E-state index contributed by atoms with van der Waals surface area (Å²) in [4.78, 5) is 0. The molecule has 3 N–H and O–H groups in total. The first-order chi connectivity index (χ1) is 11.2. The zero-order valence-electron chi connectivity index (χ0n) is 14.1. The minimum atomic E-state index is -3.95. The highest BCUT2D eigenvalue weighted by molar-refractivity contribution is 7.94. The molecule has 0 aromatic carbocycles. The van der Waals surface area contributed by atoms with Crippen LogP contribution in [0.1, 0.15) is 31.9 Å². The van der Waals surface area contributed by atoms with Crippen LogP contribution in [0.3, 0.4) is 0 Å². The van der Waals surface area contributed by atoms with Crippen molar-refractivity contribution in [1.29, 1.82) is 0 Å².